The van der Waals surface area contributed by atoms with Crippen LogP contribution < -0.4 is 11.1 Å². The van der Waals surface area contributed by atoms with Crippen molar-refractivity contribution in [1.82, 2.24) is 5.32 Å². The molecule has 18 heavy (non-hydrogen) atoms. The van der Waals surface area contributed by atoms with Crippen molar-refractivity contribution in [3.05, 3.63) is 34.9 Å². The van der Waals surface area contributed by atoms with Crippen molar-refractivity contribution in [1.29, 1.82) is 0 Å². The Morgan fingerprint density at radius 3 is 2.39 bits per heavy atom. The van der Waals surface area contributed by atoms with E-state index < -0.39 is 0 Å². The van der Waals surface area contributed by atoms with Crippen molar-refractivity contribution >= 4 is 5.91 Å². The molecule has 0 heterocycles. The summed E-state index contributed by atoms with van der Waals surface area (Å²) in [4.78, 5) is 12.2. The lowest BCUT2D eigenvalue weighted by Crippen LogP contribution is -2.48. The summed E-state index contributed by atoms with van der Waals surface area (Å²) in [6, 6.07) is 5.82. The van der Waals surface area contributed by atoms with Gasteiger partial charge < -0.3 is 11.1 Å². The Hall–Kier alpha value is -1.35. The number of nitrogens with two attached hydrogens (primary N) is 1. The average molecular weight is 248 g/mol. The van der Waals surface area contributed by atoms with Gasteiger partial charge in [-0.05, 0) is 30.9 Å². The zero-order valence-electron chi connectivity index (χ0n) is 12.0. The summed E-state index contributed by atoms with van der Waals surface area (Å²) in [5.74, 6) is -0.0436. The number of amides is 1. The second kappa shape index (κ2) is 5.53. The summed E-state index contributed by atoms with van der Waals surface area (Å²) in [5, 5.41) is 3.02. The fraction of sp³-hybridized carbons (Fsp3) is 0.533. The second-order valence-electron chi connectivity index (χ2n) is 5.95. The standard InChI is InChI=1S/C15H24N2O/c1-10-6-7-12(11(2)8-10)14(18)17-13(9-16)15(3,4)5/h6-8,13H,9,16H2,1-5H3,(H,17,18). The Morgan fingerprint density at radius 1 is 1.33 bits per heavy atom. The Morgan fingerprint density at radius 2 is 1.94 bits per heavy atom. The molecule has 1 aromatic rings. The van der Waals surface area contributed by atoms with Gasteiger partial charge in [0, 0.05) is 18.2 Å². The lowest BCUT2D eigenvalue weighted by atomic mass is 9.86. The lowest BCUT2D eigenvalue weighted by Gasteiger charge is -2.30. The van der Waals surface area contributed by atoms with Crippen LogP contribution in [-0.2, 0) is 0 Å². The van der Waals surface area contributed by atoms with Crippen LogP contribution in [0.5, 0.6) is 0 Å². The first kappa shape index (κ1) is 14.7. The number of nitrogens with one attached hydrogen (secondary N) is 1. The van der Waals surface area contributed by atoms with E-state index in [9.17, 15) is 4.79 Å². The minimum atomic E-state index is -0.0436. The molecule has 0 aliphatic carbocycles. The highest BCUT2D eigenvalue weighted by Gasteiger charge is 2.25. The van der Waals surface area contributed by atoms with Crippen LogP contribution in [-0.4, -0.2) is 18.5 Å². The molecule has 0 aliphatic rings. The smallest absolute Gasteiger partial charge is 0.251 e. The second-order valence-corrected chi connectivity index (χ2v) is 5.95. The number of hydrogen-bond acceptors (Lipinski definition) is 2. The molecular formula is C15H24N2O. The zero-order valence-corrected chi connectivity index (χ0v) is 12.0. The maximum atomic E-state index is 12.2. The fourth-order valence-corrected chi connectivity index (χ4v) is 1.93. The Bertz CT molecular complexity index is 433. The number of aryl methyl sites for hydroxylation is 2. The van der Waals surface area contributed by atoms with E-state index in [1.165, 1.54) is 0 Å². The normalized spacial score (nSPS) is 13.2. The molecule has 0 spiro atoms. The monoisotopic (exact) mass is 248 g/mol. The molecule has 1 unspecified atom stereocenters. The van der Waals surface area contributed by atoms with Crippen molar-refractivity contribution in [2.24, 2.45) is 11.1 Å². The van der Waals surface area contributed by atoms with E-state index in [0.717, 1.165) is 16.7 Å². The molecule has 0 bridgehead atoms. The number of rotatable bonds is 3. The number of hydrogen-bond donors (Lipinski definition) is 2. The molecule has 0 aromatic heterocycles. The maximum absolute atomic E-state index is 12.2. The van der Waals surface area contributed by atoms with E-state index in [0.29, 0.717) is 6.54 Å². The van der Waals surface area contributed by atoms with Gasteiger partial charge in [0.25, 0.3) is 5.91 Å². The van der Waals surface area contributed by atoms with Gasteiger partial charge in [-0.1, -0.05) is 38.5 Å². The molecule has 1 amide bonds. The first-order valence-corrected chi connectivity index (χ1v) is 6.34. The van der Waals surface area contributed by atoms with Gasteiger partial charge in [-0.2, -0.15) is 0 Å². The van der Waals surface area contributed by atoms with Crippen LogP contribution >= 0.6 is 0 Å². The van der Waals surface area contributed by atoms with E-state index in [4.69, 9.17) is 5.73 Å². The van der Waals surface area contributed by atoms with E-state index in [-0.39, 0.29) is 17.4 Å². The maximum Gasteiger partial charge on any atom is 0.251 e. The zero-order chi connectivity index (χ0) is 13.9. The van der Waals surface area contributed by atoms with Crippen molar-refractivity contribution in [3.63, 3.8) is 0 Å². The molecule has 1 atom stereocenters. The predicted octanol–water partition coefficient (Wildman–Crippen LogP) is 2.41. The van der Waals surface area contributed by atoms with Crippen LogP contribution in [0.1, 0.15) is 42.3 Å². The summed E-state index contributed by atoms with van der Waals surface area (Å²) in [5.41, 5.74) is 8.58. The molecule has 0 aliphatic heterocycles. The van der Waals surface area contributed by atoms with Gasteiger partial charge in [0.05, 0.1) is 0 Å². The molecule has 0 saturated heterocycles. The van der Waals surface area contributed by atoms with Crippen molar-refractivity contribution < 1.29 is 4.79 Å². The van der Waals surface area contributed by atoms with Crippen molar-refractivity contribution in [2.45, 2.75) is 40.7 Å². The van der Waals surface area contributed by atoms with Gasteiger partial charge in [-0.15, -0.1) is 0 Å². The third kappa shape index (κ3) is 3.57. The van der Waals surface area contributed by atoms with Gasteiger partial charge in [0.1, 0.15) is 0 Å². The first-order valence-electron chi connectivity index (χ1n) is 6.34. The molecule has 3 N–H and O–H groups in total. The SMILES string of the molecule is Cc1ccc(C(=O)NC(CN)C(C)(C)C)c(C)c1. The van der Waals surface area contributed by atoms with Gasteiger partial charge in [0.2, 0.25) is 0 Å². The third-order valence-corrected chi connectivity index (χ3v) is 3.21. The van der Waals surface area contributed by atoms with Gasteiger partial charge in [-0.25, -0.2) is 0 Å². The molecular weight excluding hydrogens is 224 g/mol. The number of carbonyl (C=O) groups is 1. The minimum Gasteiger partial charge on any atom is -0.347 e. The Labute approximate surface area is 110 Å². The molecule has 100 valence electrons. The third-order valence-electron chi connectivity index (χ3n) is 3.21. The van der Waals surface area contributed by atoms with Crippen molar-refractivity contribution in [3.8, 4) is 0 Å². The summed E-state index contributed by atoms with van der Waals surface area (Å²) >= 11 is 0. The van der Waals surface area contributed by atoms with Crippen LogP contribution in [0.15, 0.2) is 18.2 Å². The van der Waals surface area contributed by atoms with Crippen LogP contribution in [0.2, 0.25) is 0 Å². The van der Waals surface area contributed by atoms with Gasteiger partial charge in [-0.3, -0.25) is 4.79 Å². The fourth-order valence-electron chi connectivity index (χ4n) is 1.93. The van der Waals surface area contributed by atoms with E-state index >= 15 is 0 Å². The minimum absolute atomic E-state index is 0.0225. The number of benzene rings is 1. The average Bonchev–Trinajstić information content (AvgIpc) is 2.23. The molecule has 1 rings (SSSR count). The summed E-state index contributed by atoms with van der Waals surface area (Å²) < 4.78 is 0. The molecule has 0 saturated carbocycles. The van der Waals surface area contributed by atoms with Crippen LogP contribution in [0.25, 0.3) is 0 Å². The van der Waals surface area contributed by atoms with Crippen LogP contribution in [0, 0.1) is 19.3 Å². The molecule has 0 radical (unpaired) electrons. The topological polar surface area (TPSA) is 55.1 Å². The highest BCUT2D eigenvalue weighted by Crippen LogP contribution is 2.19. The predicted molar refractivity (Wildman–Crippen MR) is 75.7 cm³/mol. The van der Waals surface area contributed by atoms with Gasteiger partial charge in [0.15, 0.2) is 0 Å². The lowest BCUT2D eigenvalue weighted by molar-refractivity contribution is 0.0905. The first-order chi connectivity index (χ1) is 8.25. The van der Waals surface area contributed by atoms with E-state index in [1.54, 1.807) is 0 Å². The largest absolute Gasteiger partial charge is 0.347 e. The molecule has 0 fully saturated rings. The van der Waals surface area contributed by atoms with Crippen molar-refractivity contribution in [2.75, 3.05) is 6.54 Å². The van der Waals surface area contributed by atoms with Gasteiger partial charge >= 0.3 is 0 Å². The van der Waals surface area contributed by atoms with Crippen LogP contribution in [0.4, 0.5) is 0 Å². The van der Waals surface area contributed by atoms with E-state index in [2.05, 4.69) is 26.1 Å². The van der Waals surface area contributed by atoms with Crippen LogP contribution in [0.3, 0.4) is 0 Å². The summed E-state index contributed by atoms with van der Waals surface area (Å²) in [6.07, 6.45) is 0. The molecule has 1 aromatic carbocycles. The summed E-state index contributed by atoms with van der Waals surface area (Å²) in [6.45, 7) is 10.6. The summed E-state index contributed by atoms with van der Waals surface area (Å²) in [7, 11) is 0. The quantitative estimate of drug-likeness (QED) is 0.863. The Kier molecular flexibility index (Phi) is 4.52. The molecule has 3 heteroatoms. The highest BCUT2D eigenvalue weighted by molar-refractivity contribution is 5.95. The highest BCUT2D eigenvalue weighted by atomic mass is 16.1. The van der Waals surface area contributed by atoms with E-state index in [1.807, 2.05) is 32.0 Å². The number of carbonyl (C=O) groups excluding carboxylic acids is 1. The Balaban J connectivity index is 2.88. The molecule has 3 nitrogen and oxygen atoms in total.